The van der Waals surface area contributed by atoms with Gasteiger partial charge >= 0.3 is 0 Å². The number of amides is 1. The van der Waals surface area contributed by atoms with Crippen LogP contribution in [0.1, 0.15) is 21.6 Å². The summed E-state index contributed by atoms with van der Waals surface area (Å²) in [6.07, 6.45) is 0. The van der Waals surface area contributed by atoms with E-state index in [1.54, 1.807) is 22.8 Å². The number of hydrogen-bond donors (Lipinski definition) is 1. The monoisotopic (exact) mass is 480 g/mol. The highest BCUT2D eigenvalue weighted by Gasteiger charge is 2.22. The van der Waals surface area contributed by atoms with Crippen LogP contribution in [0, 0.1) is 11.6 Å². The minimum absolute atomic E-state index is 0.0815. The van der Waals surface area contributed by atoms with Crippen LogP contribution in [0.25, 0.3) is 22.3 Å². The third-order valence-corrected chi connectivity index (χ3v) is 5.60. The van der Waals surface area contributed by atoms with Gasteiger partial charge in [-0.2, -0.15) is 0 Å². The summed E-state index contributed by atoms with van der Waals surface area (Å²) in [5, 5.41) is 3.42. The van der Waals surface area contributed by atoms with Gasteiger partial charge in [0.15, 0.2) is 17.1 Å². The maximum absolute atomic E-state index is 13.6. The first-order valence-electron chi connectivity index (χ1n) is 10.2. The first-order valence-corrected chi connectivity index (χ1v) is 10.6. The fourth-order valence-electron chi connectivity index (χ4n) is 3.71. The van der Waals surface area contributed by atoms with Gasteiger partial charge in [0.05, 0.1) is 18.3 Å². The Balaban J connectivity index is 1.90. The summed E-state index contributed by atoms with van der Waals surface area (Å²) < 4.78 is 34.0. The Labute approximate surface area is 198 Å². The van der Waals surface area contributed by atoms with E-state index in [1.807, 2.05) is 30.3 Å². The Hall–Kier alpha value is -3.97. The fourth-order valence-corrected chi connectivity index (χ4v) is 3.88. The SMILES string of the molecule is C=C(OC)c1c(CNC(=O)c2ccc(F)c(F)c2)c(=O)c2ccc(Cl)cc2n1-c1ccccc1. The Morgan fingerprint density at radius 3 is 2.47 bits per heavy atom. The van der Waals surface area contributed by atoms with Crippen LogP contribution in [-0.2, 0) is 11.3 Å². The first-order chi connectivity index (χ1) is 16.3. The van der Waals surface area contributed by atoms with E-state index < -0.39 is 17.5 Å². The summed E-state index contributed by atoms with van der Waals surface area (Å²) >= 11 is 6.25. The molecule has 0 aliphatic heterocycles. The van der Waals surface area contributed by atoms with Crippen LogP contribution in [0.4, 0.5) is 8.78 Å². The predicted octanol–water partition coefficient (Wildman–Crippen LogP) is 5.47. The number of ether oxygens (including phenoxy) is 1. The molecule has 5 nitrogen and oxygen atoms in total. The van der Waals surface area contributed by atoms with E-state index in [0.717, 1.165) is 23.9 Å². The van der Waals surface area contributed by atoms with Crippen LogP contribution in [0.15, 0.2) is 78.1 Å². The van der Waals surface area contributed by atoms with E-state index in [9.17, 15) is 18.4 Å². The van der Waals surface area contributed by atoms with Crippen LogP contribution >= 0.6 is 11.6 Å². The molecule has 0 fully saturated rings. The number of carbonyl (C=O) groups is 1. The predicted molar refractivity (Wildman–Crippen MR) is 128 cm³/mol. The minimum atomic E-state index is -1.14. The number of nitrogens with one attached hydrogen (secondary N) is 1. The molecule has 0 aliphatic carbocycles. The van der Waals surface area contributed by atoms with Gasteiger partial charge in [0.1, 0.15) is 5.76 Å². The van der Waals surface area contributed by atoms with Crippen molar-refractivity contribution in [2.75, 3.05) is 7.11 Å². The highest BCUT2D eigenvalue weighted by Crippen LogP contribution is 2.28. The van der Waals surface area contributed by atoms with Gasteiger partial charge in [-0.15, -0.1) is 0 Å². The van der Waals surface area contributed by atoms with Gasteiger partial charge in [-0.3, -0.25) is 9.59 Å². The molecule has 0 bridgehead atoms. The van der Waals surface area contributed by atoms with Crippen molar-refractivity contribution in [2.24, 2.45) is 0 Å². The zero-order chi connectivity index (χ0) is 24.4. The molecule has 0 spiro atoms. The minimum Gasteiger partial charge on any atom is -0.495 e. The summed E-state index contributed by atoms with van der Waals surface area (Å²) in [5.41, 5.74) is 1.38. The lowest BCUT2D eigenvalue weighted by Gasteiger charge is -2.22. The average molecular weight is 481 g/mol. The van der Waals surface area contributed by atoms with Crippen LogP contribution in [0.3, 0.4) is 0 Å². The van der Waals surface area contributed by atoms with Crippen molar-refractivity contribution in [1.29, 1.82) is 0 Å². The zero-order valence-corrected chi connectivity index (χ0v) is 18.8. The lowest BCUT2D eigenvalue weighted by Crippen LogP contribution is -2.29. The molecule has 3 aromatic carbocycles. The molecule has 4 rings (SSSR count). The molecule has 0 atom stereocenters. The molecule has 1 aromatic heterocycles. The molecule has 0 saturated heterocycles. The fraction of sp³-hybridized carbons (Fsp3) is 0.0769. The van der Waals surface area contributed by atoms with Crippen LogP contribution in [0.5, 0.6) is 0 Å². The van der Waals surface area contributed by atoms with Gasteiger partial charge < -0.3 is 14.6 Å². The number of aromatic nitrogens is 1. The quantitative estimate of drug-likeness (QED) is 0.372. The highest BCUT2D eigenvalue weighted by atomic mass is 35.5. The number of methoxy groups -OCH3 is 1. The number of nitrogens with zero attached hydrogens (tertiary/aromatic N) is 1. The molecule has 1 heterocycles. The van der Waals surface area contributed by atoms with Gasteiger partial charge in [0.2, 0.25) is 0 Å². The Bertz CT molecular complexity index is 1480. The second kappa shape index (κ2) is 9.49. The summed E-state index contributed by atoms with van der Waals surface area (Å²) in [6.45, 7) is 3.74. The molecular weight excluding hydrogens is 462 g/mol. The molecule has 1 N–H and O–H groups in total. The van der Waals surface area contributed by atoms with Gasteiger partial charge in [-0.25, -0.2) is 8.78 Å². The van der Waals surface area contributed by atoms with Crippen molar-refractivity contribution >= 4 is 34.2 Å². The Kier molecular flexibility index (Phi) is 6.47. The number of hydrogen-bond acceptors (Lipinski definition) is 3. The van der Waals surface area contributed by atoms with E-state index in [1.165, 1.54) is 7.11 Å². The highest BCUT2D eigenvalue weighted by molar-refractivity contribution is 6.31. The van der Waals surface area contributed by atoms with Gasteiger partial charge in [0, 0.05) is 33.8 Å². The van der Waals surface area contributed by atoms with Crippen molar-refractivity contribution in [3.8, 4) is 5.69 Å². The van der Waals surface area contributed by atoms with Crippen LogP contribution < -0.4 is 10.7 Å². The topological polar surface area (TPSA) is 60.3 Å². The van der Waals surface area contributed by atoms with E-state index in [0.29, 0.717) is 21.6 Å². The second-order valence-electron chi connectivity index (χ2n) is 7.43. The lowest BCUT2D eigenvalue weighted by atomic mass is 10.0. The second-order valence-corrected chi connectivity index (χ2v) is 7.86. The molecule has 172 valence electrons. The zero-order valence-electron chi connectivity index (χ0n) is 18.1. The average Bonchev–Trinajstić information content (AvgIpc) is 2.84. The number of halogens is 3. The van der Waals surface area contributed by atoms with Crippen molar-refractivity contribution < 1.29 is 18.3 Å². The summed E-state index contributed by atoms with van der Waals surface area (Å²) in [5.74, 6) is -2.68. The number of rotatable bonds is 6. The smallest absolute Gasteiger partial charge is 0.251 e. The summed E-state index contributed by atoms with van der Waals surface area (Å²) in [7, 11) is 1.42. The molecular formula is C26H19ClF2N2O3. The van der Waals surface area contributed by atoms with Gasteiger partial charge in [-0.1, -0.05) is 36.4 Å². The number of carbonyl (C=O) groups excluding carboxylic acids is 1. The molecule has 34 heavy (non-hydrogen) atoms. The molecule has 1 amide bonds. The lowest BCUT2D eigenvalue weighted by molar-refractivity contribution is 0.0950. The van der Waals surface area contributed by atoms with E-state index in [4.69, 9.17) is 16.3 Å². The third-order valence-electron chi connectivity index (χ3n) is 5.36. The largest absolute Gasteiger partial charge is 0.495 e. The molecule has 4 aromatic rings. The maximum atomic E-state index is 13.6. The van der Waals surface area contributed by atoms with Crippen molar-refractivity contribution in [2.45, 2.75) is 6.54 Å². The van der Waals surface area contributed by atoms with Gasteiger partial charge in [0.25, 0.3) is 5.91 Å². The van der Waals surface area contributed by atoms with Crippen LogP contribution in [-0.4, -0.2) is 17.6 Å². The van der Waals surface area contributed by atoms with E-state index in [-0.39, 0.29) is 28.9 Å². The normalized spacial score (nSPS) is 10.8. The van der Waals surface area contributed by atoms with Crippen LogP contribution in [0.2, 0.25) is 5.02 Å². The Morgan fingerprint density at radius 2 is 1.79 bits per heavy atom. The molecule has 0 unspecified atom stereocenters. The maximum Gasteiger partial charge on any atom is 0.251 e. The van der Waals surface area contributed by atoms with E-state index in [2.05, 4.69) is 11.9 Å². The molecule has 0 radical (unpaired) electrons. The molecule has 8 heteroatoms. The van der Waals surface area contributed by atoms with Crippen molar-refractivity contribution in [3.63, 3.8) is 0 Å². The third kappa shape index (κ3) is 4.30. The molecule has 0 aliphatic rings. The number of pyridine rings is 1. The summed E-state index contributed by atoms with van der Waals surface area (Å²) in [4.78, 5) is 26.1. The summed E-state index contributed by atoms with van der Waals surface area (Å²) in [6, 6.07) is 16.9. The number of para-hydroxylation sites is 1. The van der Waals surface area contributed by atoms with Crippen molar-refractivity contribution in [3.05, 3.63) is 117 Å². The molecule has 0 saturated carbocycles. The first kappa shape index (κ1) is 23.2. The van der Waals surface area contributed by atoms with E-state index >= 15 is 0 Å². The number of benzene rings is 3. The number of fused-ring (bicyclic) bond motifs is 1. The van der Waals surface area contributed by atoms with Crippen molar-refractivity contribution in [1.82, 2.24) is 9.88 Å². The van der Waals surface area contributed by atoms with Gasteiger partial charge in [-0.05, 0) is 48.5 Å². The standard InChI is InChI=1S/C26H19ClF2N2O3/c1-15(34-2)24-20(14-30-26(33)16-8-11-21(28)22(29)12-16)25(32)19-10-9-17(27)13-23(19)31(24)18-6-4-3-5-7-18/h3-13H,1,14H2,2H3,(H,30,33). The Morgan fingerprint density at radius 1 is 1.06 bits per heavy atom.